The largest absolute Gasteiger partial charge is 0.478 e. The quantitative estimate of drug-likeness (QED) is 0.695. The summed E-state index contributed by atoms with van der Waals surface area (Å²) in [5, 5.41) is 14.0. The number of methoxy groups -OCH3 is 1. The Balaban J connectivity index is 2.26. The molecule has 0 saturated heterocycles. The van der Waals surface area contributed by atoms with Crippen LogP contribution in [0.2, 0.25) is 0 Å². The molecule has 2 aromatic carbocycles. The fourth-order valence-corrected chi connectivity index (χ4v) is 2.81. The molecule has 1 aromatic heterocycles. The number of primary amides is 1. The zero-order valence-corrected chi connectivity index (χ0v) is 14.3. The number of amides is 1. The first-order chi connectivity index (χ1) is 12.9. The minimum atomic E-state index is -1.21. The van der Waals surface area contributed by atoms with E-state index in [0.29, 0.717) is 17.0 Å². The number of hydrogen-bond donors (Lipinski definition) is 2. The normalized spacial score (nSPS) is 10.7. The highest BCUT2D eigenvalue weighted by atomic mass is 19.1. The van der Waals surface area contributed by atoms with E-state index in [4.69, 9.17) is 10.5 Å². The van der Waals surface area contributed by atoms with Crippen LogP contribution in [0.3, 0.4) is 0 Å². The number of carboxylic acid groups (broad SMARTS) is 1. The number of nitrogens with two attached hydrogens (primary N) is 1. The number of carboxylic acids is 1. The number of carbonyl (C=O) groups excluding carboxylic acids is 1. The molecule has 0 unspecified atom stereocenters. The number of rotatable bonds is 6. The van der Waals surface area contributed by atoms with Crippen molar-refractivity contribution >= 4 is 11.9 Å². The Morgan fingerprint density at radius 3 is 2.44 bits per heavy atom. The minimum absolute atomic E-state index is 0.0166. The molecule has 0 saturated carbocycles. The SMILES string of the molecule is COCn1nc(-c2ccc(F)cc2)cc1-c1c(C(N)=O)cccc1C(=O)O. The topological polar surface area (TPSA) is 107 Å². The Kier molecular flexibility index (Phi) is 5.00. The molecule has 3 rings (SSSR count). The third-order valence-corrected chi connectivity index (χ3v) is 3.99. The van der Waals surface area contributed by atoms with Gasteiger partial charge in [-0.25, -0.2) is 13.9 Å². The number of aromatic carboxylic acids is 1. The summed E-state index contributed by atoms with van der Waals surface area (Å²) in [7, 11) is 1.46. The summed E-state index contributed by atoms with van der Waals surface area (Å²) in [5.74, 6) is -2.36. The van der Waals surface area contributed by atoms with Gasteiger partial charge < -0.3 is 15.6 Å². The Bertz CT molecular complexity index is 980. The number of aromatic nitrogens is 2. The summed E-state index contributed by atoms with van der Waals surface area (Å²) in [6.45, 7) is 0.0166. The van der Waals surface area contributed by atoms with Crippen molar-refractivity contribution in [2.75, 3.05) is 7.11 Å². The van der Waals surface area contributed by atoms with Gasteiger partial charge in [0, 0.05) is 23.8 Å². The molecule has 0 fully saturated rings. The second kappa shape index (κ2) is 7.38. The smallest absolute Gasteiger partial charge is 0.336 e. The van der Waals surface area contributed by atoms with Crippen LogP contribution in [0.5, 0.6) is 0 Å². The maximum absolute atomic E-state index is 13.2. The summed E-state index contributed by atoms with van der Waals surface area (Å²) in [6.07, 6.45) is 0. The lowest BCUT2D eigenvalue weighted by molar-refractivity contribution is 0.0697. The molecule has 0 spiro atoms. The van der Waals surface area contributed by atoms with E-state index < -0.39 is 11.9 Å². The fourth-order valence-electron chi connectivity index (χ4n) is 2.81. The third-order valence-electron chi connectivity index (χ3n) is 3.99. The van der Waals surface area contributed by atoms with Crippen LogP contribution in [0.1, 0.15) is 20.7 Å². The predicted molar refractivity (Wildman–Crippen MR) is 95.5 cm³/mol. The highest BCUT2D eigenvalue weighted by Gasteiger charge is 2.23. The van der Waals surface area contributed by atoms with Gasteiger partial charge in [0.2, 0.25) is 5.91 Å². The summed E-state index contributed by atoms with van der Waals surface area (Å²) >= 11 is 0. The van der Waals surface area contributed by atoms with E-state index in [1.54, 1.807) is 18.2 Å². The average Bonchev–Trinajstić information content (AvgIpc) is 3.05. The van der Waals surface area contributed by atoms with Crippen LogP contribution in [0.15, 0.2) is 48.5 Å². The third kappa shape index (κ3) is 3.56. The van der Waals surface area contributed by atoms with Crippen molar-refractivity contribution in [1.29, 1.82) is 0 Å². The molecule has 3 aromatic rings. The molecule has 27 heavy (non-hydrogen) atoms. The van der Waals surface area contributed by atoms with E-state index in [1.807, 2.05) is 0 Å². The monoisotopic (exact) mass is 369 g/mol. The van der Waals surface area contributed by atoms with Gasteiger partial charge in [0.25, 0.3) is 0 Å². The van der Waals surface area contributed by atoms with Gasteiger partial charge in [0.05, 0.1) is 17.0 Å². The number of carbonyl (C=O) groups is 2. The van der Waals surface area contributed by atoms with Gasteiger partial charge in [-0.2, -0.15) is 5.10 Å². The Hall–Kier alpha value is -3.52. The first-order valence-electron chi connectivity index (χ1n) is 7.91. The van der Waals surface area contributed by atoms with Gasteiger partial charge in [-0.3, -0.25) is 4.79 Å². The molecule has 138 valence electrons. The Morgan fingerprint density at radius 1 is 1.19 bits per heavy atom. The lowest BCUT2D eigenvalue weighted by atomic mass is 9.97. The molecule has 0 aliphatic heterocycles. The Labute approximate surface area is 153 Å². The van der Waals surface area contributed by atoms with Crippen molar-refractivity contribution in [3.63, 3.8) is 0 Å². The zero-order chi connectivity index (χ0) is 19.6. The highest BCUT2D eigenvalue weighted by molar-refractivity contribution is 6.06. The van der Waals surface area contributed by atoms with E-state index in [9.17, 15) is 19.1 Å². The van der Waals surface area contributed by atoms with Gasteiger partial charge in [-0.05, 0) is 42.5 Å². The van der Waals surface area contributed by atoms with Gasteiger partial charge >= 0.3 is 5.97 Å². The molecular weight excluding hydrogens is 353 g/mol. The standard InChI is InChI=1S/C19H16FN3O4/c1-27-10-23-16(9-15(22-23)11-5-7-12(20)8-6-11)17-13(18(21)24)3-2-4-14(17)19(25)26/h2-9H,10H2,1H3,(H2,21,24)(H,25,26). The van der Waals surface area contributed by atoms with Crippen LogP contribution in [0, 0.1) is 5.82 Å². The van der Waals surface area contributed by atoms with E-state index >= 15 is 0 Å². The van der Waals surface area contributed by atoms with Crippen molar-refractivity contribution in [2.45, 2.75) is 6.73 Å². The van der Waals surface area contributed by atoms with Crippen molar-refractivity contribution in [3.05, 3.63) is 65.5 Å². The number of hydrogen-bond acceptors (Lipinski definition) is 4. The van der Waals surface area contributed by atoms with Gasteiger partial charge in [0.1, 0.15) is 12.5 Å². The van der Waals surface area contributed by atoms with E-state index in [2.05, 4.69) is 5.10 Å². The molecule has 0 aliphatic carbocycles. The second-order valence-electron chi connectivity index (χ2n) is 5.74. The molecule has 7 nitrogen and oxygen atoms in total. The van der Waals surface area contributed by atoms with Gasteiger partial charge in [-0.1, -0.05) is 6.07 Å². The molecular formula is C19H16FN3O4. The van der Waals surface area contributed by atoms with Gasteiger partial charge in [0.15, 0.2) is 0 Å². The number of nitrogens with zero attached hydrogens (tertiary/aromatic N) is 2. The fraction of sp³-hybridized carbons (Fsp3) is 0.105. The highest BCUT2D eigenvalue weighted by Crippen LogP contribution is 2.32. The summed E-state index contributed by atoms with van der Waals surface area (Å²) in [6, 6.07) is 11.6. The van der Waals surface area contributed by atoms with Crippen LogP contribution in [-0.2, 0) is 11.5 Å². The molecule has 0 bridgehead atoms. The maximum atomic E-state index is 13.2. The molecule has 8 heteroatoms. The lowest BCUT2D eigenvalue weighted by Crippen LogP contribution is -2.16. The molecule has 0 radical (unpaired) electrons. The second-order valence-corrected chi connectivity index (χ2v) is 5.74. The van der Waals surface area contributed by atoms with Crippen molar-refractivity contribution in [2.24, 2.45) is 5.73 Å². The van der Waals surface area contributed by atoms with Crippen LogP contribution in [0.25, 0.3) is 22.5 Å². The van der Waals surface area contributed by atoms with Crippen LogP contribution in [0.4, 0.5) is 4.39 Å². The van der Waals surface area contributed by atoms with Crippen molar-refractivity contribution in [3.8, 4) is 22.5 Å². The summed E-state index contributed by atoms with van der Waals surface area (Å²) in [5.41, 5.74) is 7.00. The lowest BCUT2D eigenvalue weighted by Gasteiger charge is -2.12. The minimum Gasteiger partial charge on any atom is -0.478 e. The predicted octanol–water partition coefficient (Wildman–Crippen LogP) is 2.76. The molecule has 3 N–H and O–H groups in total. The molecule has 0 atom stereocenters. The van der Waals surface area contributed by atoms with Gasteiger partial charge in [-0.15, -0.1) is 0 Å². The number of ether oxygens (including phenoxy) is 1. The van der Waals surface area contributed by atoms with Crippen LogP contribution in [-0.4, -0.2) is 33.9 Å². The molecule has 0 aliphatic rings. The number of halogens is 1. The average molecular weight is 369 g/mol. The van der Waals surface area contributed by atoms with E-state index in [1.165, 1.54) is 42.1 Å². The van der Waals surface area contributed by atoms with E-state index in [-0.39, 0.29) is 29.2 Å². The first-order valence-corrected chi connectivity index (χ1v) is 7.91. The Morgan fingerprint density at radius 2 is 1.85 bits per heavy atom. The van der Waals surface area contributed by atoms with Crippen molar-refractivity contribution in [1.82, 2.24) is 9.78 Å². The maximum Gasteiger partial charge on any atom is 0.336 e. The first kappa shape index (κ1) is 18.3. The van der Waals surface area contributed by atoms with Crippen LogP contribution < -0.4 is 5.73 Å². The van der Waals surface area contributed by atoms with E-state index in [0.717, 1.165) is 0 Å². The van der Waals surface area contributed by atoms with Crippen LogP contribution >= 0.6 is 0 Å². The molecule has 1 heterocycles. The van der Waals surface area contributed by atoms with Crippen molar-refractivity contribution < 1.29 is 23.8 Å². The zero-order valence-electron chi connectivity index (χ0n) is 14.3. The molecule has 1 amide bonds. The number of benzene rings is 2. The summed E-state index contributed by atoms with van der Waals surface area (Å²) in [4.78, 5) is 23.6. The summed E-state index contributed by atoms with van der Waals surface area (Å²) < 4.78 is 19.8.